The number of nitrogens with zero attached hydrogens (tertiary/aromatic N) is 3. The number of rotatable bonds is 5. The summed E-state index contributed by atoms with van der Waals surface area (Å²) in [6.45, 7) is 2.85. The Morgan fingerprint density at radius 1 is 1.71 bits per heavy atom. The average molecular weight is 192 g/mol. The van der Waals surface area contributed by atoms with Crippen molar-refractivity contribution >= 4 is 0 Å². The first-order valence-electron chi connectivity index (χ1n) is 4.78. The van der Waals surface area contributed by atoms with Gasteiger partial charge in [0.25, 0.3) is 0 Å². The van der Waals surface area contributed by atoms with Crippen LogP contribution in [0.1, 0.15) is 25.5 Å². The Labute approximate surface area is 84.7 Å². The van der Waals surface area contributed by atoms with E-state index in [1.54, 1.807) is 4.68 Å². The van der Waals surface area contributed by atoms with Crippen LogP contribution in [0, 0.1) is 12.3 Å². The number of terminal acetylenes is 1. The van der Waals surface area contributed by atoms with E-state index in [0.717, 1.165) is 25.1 Å². The minimum atomic E-state index is 0.377. The van der Waals surface area contributed by atoms with Crippen LogP contribution in [-0.4, -0.2) is 21.0 Å². The molecule has 0 aliphatic rings. The Bertz CT molecular complexity index is 310. The molecule has 0 aliphatic carbocycles. The zero-order chi connectivity index (χ0) is 10.4. The number of hydrogen-bond donors (Lipinski definition) is 1. The number of nitrogens with one attached hydrogen (secondary N) is 1. The largest absolute Gasteiger partial charge is 0.307 e. The molecule has 0 aliphatic heterocycles. The van der Waals surface area contributed by atoms with Crippen molar-refractivity contribution in [3.8, 4) is 12.3 Å². The van der Waals surface area contributed by atoms with Crippen molar-refractivity contribution in [3.63, 3.8) is 0 Å². The monoisotopic (exact) mass is 192 g/mol. The fourth-order valence-corrected chi connectivity index (χ4v) is 1.23. The third-order valence-corrected chi connectivity index (χ3v) is 2.08. The molecule has 0 aromatic carbocycles. The molecule has 0 radical (unpaired) electrons. The van der Waals surface area contributed by atoms with E-state index < -0.39 is 0 Å². The molecule has 1 rings (SSSR count). The molecule has 4 heteroatoms. The van der Waals surface area contributed by atoms with Crippen LogP contribution in [-0.2, 0) is 13.6 Å². The molecule has 0 fully saturated rings. The minimum Gasteiger partial charge on any atom is -0.307 e. The molecule has 76 valence electrons. The van der Waals surface area contributed by atoms with Crippen LogP contribution < -0.4 is 5.32 Å². The highest BCUT2D eigenvalue weighted by atomic mass is 15.4. The van der Waals surface area contributed by atoms with Gasteiger partial charge in [0.15, 0.2) is 0 Å². The van der Waals surface area contributed by atoms with Crippen molar-refractivity contribution in [2.24, 2.45) is 7.05 Å². The lowest BCUT2D eigenvalue weighted by Gasteiger charge is -2.12. The van der Waals surface area contributed by atoms with Crippen molar-refractivity contribution < 1.29 is 0 Å². The molecule has 0 saturated carbocycles. The molecule has 1 aromatic rings. The van der Waals surface area contributed by atoms with Gasteiger partial charge in [0.05, 0.1) is 5.69 Å². The topological polar surface area (TPSA) is 42.7 Å². The maximum atomic E-state index is 5.26. The maximum absolute atomic E-state index is 5.26. The number of aryl methyl sites for hydroxylation is 1. The second-order valence-corrected chi connectivity index (χ2v) is 3.28. The summed E-state index contributed by atoms with van der Waals surface area (Å²) < 4.78 is 1.69. The molecular weight excluding hydrogens is 176 g/mol. The predicted octanol–water partition coefficient (Wildman–Crippen LogP) is 0.707. The van der Waals surface area contributed by atoms with Gasteiger partial charge < -0.3 is 5.32 Å². The molecule has 0 bridgehead atoms. The highest BCUT2D eigenvalue weighted by Gasteiger charge is 2.04. The second kappa shape index (κ2) is 5.40. The third-order valence-electron chi connectivity index (χ3n) is 2.08. The lowest BCUT2D eigenvalue weighted by atomic mass is 10.1. The lowest BCUT2D eigenvalue weighted by molar-refractivity contribution is 0.502. The third kappa shape index (κ3) is 3.19. The van der Waals surface area contributed by atoms with Crippen molar-refractivity contribution in [1.82, 2.24) is 20.3 Å². The van der Waals surface area contributed by atoms with Crippen LogP contribution in [0.3, 0.4) is 0 Å². The summed E-state index contributed by atoms with van der Waals surface area (Å²) in [5.41, 5.74) is 0.947. The van der Waals surface area contributed by atoms with Gasteiger partial charge in [0.1, 0.15) is 0 Å². The van der Waals surface area contributed by atoms with Crippen LogP contribution in [0.2, 0.25) is 0 Å². The van der Waals surface area contributed by atoms with Gasteiger partial charge in [0, 0.05) is 32.3 Å². The first kappa shape index (κ1) is 10.7. The van der Waals surface area contributed by atoms with Crippen LogP contribution in [0.15, 0.2) is 6.20 Å². The van der Waals surface area contributed by atoms with Crippen molar-refractivity contribution in [3.05, 3.63) is 11.9 Å². The van der Waals surface area contributed by atoms with Gasteiger partial charge in [-0.15, -0.1) is 17.4 Å². The van der Waals surface area contributed by atoms with Gasteiger partial charge >= 0.3 is 0 Å². The zero-order valence-electron chi connectivity index (χ0n) is 8.70. The number of hydrogen-bond acceptors (Lipinski definition) is 3. The molecule has 4 nitrogen and oxygen atoms in total. The van der Waals surface area contributed by atoms with Crippen LogP contribution >= 0.6 is 0 Å². The van der Waals surface area contributed by atoms with Gasteiger partial charge in [-0.25, -0.2) is 0 Å². The van der Waals surface area contributed by atoms with E-state index in [1.165, 1.54) is 0 Å². The standard InChI is InChI=1S/C10H16N4/c1-4-6-9(5-2)11-7-10-8-14(3)13-12-10/h1,8-9,11H,5-7H2,2-3H3. The van der Waals surface area contributed by atoms with E-state index >= 15 is 0 Å². The molecular formula is C10H16N4. The summed E-state index contributed by atoms with van der Waals surface area (Å²) in [5, 5.41) is 11.2. The van der Waals surface area contributed by atoms with Crippen molar-refractivity contribution in [2.45, 2.75) is 32.4 Å². The zero-order valence-corrected chi connectivity index (χ0v) is 8.70. The minimum absolute atomic E-state index is 0.377. The Balaban J connectivity index is 2.36. The van der Waals surface area contributed by atoms with Crippen LogP contribution in [0.5, 0.6) is 0 Å². The van der Waals surface area contributed by atoms with E-state index in [9.17, 15) is 0 Å². The van der Waals surface area contributed by atoms with Crippen molar-refractivity contribution in [2.75, 3.05) is 0 Å². The Morgan fingerprint density at radius 2 is 2.50 bits per heavy atom. The molecule has 1 N–H and O–H groups in total. The number of aromatic nitrogens is 3. The van der Waals surface area contributed by atoms with Crippen molar-refractivity contribution in [1.29, 1.82) is 0 Å². The molecule has 0 spiro atoms. The molecule has 1 heterocycles. The van der Waals surface area contributed by atoms with E-state index in [0.29, 0.717) is 6.04 Å². The van der Waals surface area contributed by atoms with Crippen LogP contribution in [0.4, 0.5) is 0 Å². The summed E-state index contributed by atoms with van der Waals surface area (Å²) in [6.07, 6.45) is 8.95. The second-order valence-electron chi connectivity index (χ2n) is 3.28. The van der Waals surface area contributed by atoms with E-state index in [1.807, 2.05) is 13.2 Å². The summed E-state index contributed by atoms with van der Waals surface area (Å²) in [4.78, 5) is 0. The summed E-state index contributed by atoms with van der Waals surface area (Å²) in [5.74, 6) is 2.66. The fourth-order valence-electron chi connectivity index (χ4n) is 1.23. The smallest absolute Gasteiger partial charge is 0.0964 e. The maximum Gasteiger partial charge on any atom is 0.0964 e. The Kier molecular flexibility index (Phi) is 4.14. The highest BCUT2D eigenvalue weighted by Crippen LogP contribution is 1.98. The average Bonchev–Trinajstić information content (AvgIpc) is 2.59. The predicted molar refractivity (Wildman–Crippen MR) is 55.4 cm³/mol. The molecule has 1 aromatic heterocycles. The summed E-state index contributed by atoms with van der Waals surface area (Å²) in [6, 6.07) is 0.377. The van der Waals surface area contributed by atoms with E-state index in [-0.39, 0.29) is 0 Å². The summed E-state index contributed by atoms with van der Waals surface area (Å²) in [7, 11) is 1.86. The van der Waals surface area contributed by atoms with E-state index in [4.69, 9.17) is 6.42 Å². The Morgan fingerprint density at radius 3 is 3.00 bits per heavy atom. The molecule has 0 amide bonds. The van der Waals surface area contributed by atoms with Gasteiger partial charge in [0.2, 0.25) is 0 Å². The quantitative estimate of drug-likeness (QED) is 0.699. The van der Waals surface area contributed by atoms with Gasteiger partial charge in [-0.2, -0.15) is 0 Å². The fraction of sp³-hybridized carbons (Fsp3) is 0.600. The molecule has 1 unspecified atom stereocenters. The summed E-state index contributed by atoms with van der Waals surface area (Å²) >= 11 is 0. The Hall–Kier alpha value is -1.34. The first-order valence-corrected chi connectivity index (χ1v) is 4.78. The highest BCUT2D eigenvalue weighted by molar-refractivity contribution is 4.94. The first-order chi connectivity index (χ1) is 6.76. The van der Waals surface area contributed by atoms with Gasteiger partial charge in [-0.05, 0) is 6.42 Å². The van der Waals surface area contributed by atoms with Gasteiger partial charge in [-0.3, -0.25) is 4.68 Å². The van der Waals surface area contributed by atoms with E-state index in [2.05, 4.69) is 28.5 Å². The lowest BCUT2D eigenvalue weighted by Crippen LogP contribution is -2.27. The molecule has 1 atom stereocenters. The molecule has 0 saturated heterocycles. The van der Waals surface area contributed by atoms with Crippen LogP contribution in [0.25, 0.3) is 0 Å². The van der Waals surface area contributed by atoms with Gasteiger partial charge in [-0.1, -0.05) is 12.1 Å². The normalized spacial score (nSPS) is 12.4. The SMILES string of the molecule is C#CCC(CC)NCc1cn(C)nn1. The molecule has 14 heavy (non-hydrogen) atoms.